The average molecular weight is 253 g/mol. The SMILES string of the molecule is CCc1ccc([C@@H](C)NC(=O)c2ccccc2)cc1. The van der Waals surface area contributed by atoms with Gasteiger partial charge in [-0.05, 0) is 36.6 Å². The van der Waals surface area contributed by atoms with E-state index >= 15 is 0 Å². The highest BCUT2D eigenvalue weighted by molar-refractivity contribution is 5.94. The highest BCUT2D eigenvalue weighted by Crippen LogP contribution is 2.14. The fourth-order valence-corrected chi connectivity index (χ4v) is 1.99. The Labute approximate surface area is 114 Å². The molecule has 0 aliphatic heterocycles. The molecule has 0 aromatic heterocycles. The molecule has 0 aliphatic rings. The topological polar surface area (TPSA) is 29.1 Å². The highest BCUT2D eigenvalue weighted by Gasteiger charge is 2.10. The van der Waals surface area contributed by atoms with Gasteiger partial charge in [0.1, 0.15) is 0 Å². The number of amides is 1. The first-order valence-electron chi connectivity index (χ1n) is 6.65. The van der Waals surface area contributed by atoms with Crippen LogP contribution in [0.25, 0.3) is 0 Å². The summed E-state index contributed by atoms with van der Waals surface area (Å²) >= 11 is 0. The maximum absolute atomic E-state index is 12.0. The lowest BCUT2D eigenvalue weighted by Gasteiger charge is -2.14. The van der Waals surface area contributed by atoms with Crippen molar-refractivity contribution in [3.05, 3.63) is 71.3 Å². The van der Waals surface area contributed by atoms with E-state index in [9.17, 15) is 4.79 Å². The van der Waals surface area contributed by atoms with Gasteiger partial charge in [-0.15, -0.1) is 0 Å². The molecule has 1 atom stereocenters. The Balaban J connectivity index is 2.04. The van der Waals surface area contributed by atoms with Crippen molar-refractivity contribution in [3.8, 4) is 0 Å². The number of aryl methyl sites for hydroxylation is 1. The fourth-order valence-electron chi connectivity index (χ4n) is 1.99. The third-order valence-corrected chi connectivity index (χ3v) is 3.27. The van der Waals surface area contributed by atoms with Gasteiger partial charge in [0.25, 0.3) is 5.91 Å². The molecule has 0 unspecified atom stereocenters. The summed E-state index contributed by atoms with van der Waals surface area (Å²) in [4.78, 5) is 12.0. The van der Waals surface area contributed by atoms with Gasteiger partial charge in [-0.2, -0.15) is 0 Å². The molecule has 0 saturated heterocycles. The minimum absolute atomic E-state index is 0.0126. The summed E-state index contributed by atoms with van der Waals surface area (Å²) in [7, 11) is 0. The Morgan fingerprint density at radius 2 is 1.68 bits per heavy atom. The molecular formula is C17H19NO. The van der Waals surface area contributed by atoms with Gasteiger partial charge in [0.2, 0.25) is 0 Å². The van der Waals surface area contributed by atoms with E-state index in [1.807, 2.05) is 37.3 Å². The van der Waals surface area contributed by atoms with E-state index in [4.69, 9.17) is 0 Å². The minimum Gasteiger partial charge on any atom is -0.346 e. The minimum atomic E-state index is -0.0346. The first-order chi connectivity index (χ1) is 9.20. The summed E-state index contributed by atoms with van der Waals surface area (Å²) in [5.74, 6) is -0.0346. The second-order valence-corrected chi connectivity index (χ2v) is 4.66. The molecule has 2 heteroatoms. The number of hydrogen-bond acceptors (Lipinski definition) is 1. The van der Waals surface area contributed by atoms with Gasteiger partial charge < -0.3 is 5.32 Å². The molecule has 0 heterocycles. The smallest absolute Gasteiger partial charge is 0.251 e. The maximum atomic E-state index is 12.0. The van der Waals surface area contributed by atoms with Crippen LogP contribution >= 0.6 is 0 Å². The number of nitrogens with one attached hydrogen (secondary N) is 1. The monoisotopic (exact) mass is 253 g/mol. The van der Waals surface area contributed by atoms with E-state index in [1.165, 1.54) is 5.56 Å². The van der Waals surface area contributed by atoms with E-state index < -0.39 is 0 Å². The van der Waals surface area contributed by atoms with E-state index in [0.717, 1.165) is 12.0 Å². The Bertz CT molecular complexity index is 531. The van der Waals surface area contributed by atoms with Crippen LogP contribution in [0.15, 0.2) is 54.6 Å². The third-order valence-electron chi connectivity index (χ3n) is 3.27. The molecule has 19 heavy (non-hydrogen) atoms. The van der Waals surface area contributed by atoms with Crippen LogP contribution in [0.4, 0.5) is 0 Å². The predicted molar refractivity (Wildman–Crippen MR) is 78.1 cm³/mol. The molecular weight excluding hydrogens is 234 g/mol. The molecule has 0 aliphatic carbocycles. The second kappa shape index (κ2) is 6.19. The number of rotatable bonds is 4. The number of carbonyl (C=O) groups is 1. The van der Waals surface area contributed by atoms with Crippen LogP contribution in [0.5, 0.6) is 0 Å². The van der Waals surface area contributed by atoms with E-state index in [0.29, 0.717) is 5.56 Å². The van der Waals surface area contributed by atoms with Crippen LogP contribution in [0.3, 0.4) is 0 Å². The maximum Gasteiger partial charge on any atom is 0.251 e. The molecule has 1 N–H and O–H groups in total. The molecule has 2 aromatic rings. The van der Waals surface area contributed by atoms with Gasteiger partial charge in [0.15, 0.2) is 0 Å². The average Bonchev–Trinajstić information content (AvgIpc) is 2.48. The Kier molecular flexibility index (Phi) is 4.35. The Hall–Kier alpha value is -2.09. The molecule has 0 saturated carbocycles. The predicted octanol–water partition coefficient (Wildman–Crippen LogP) is 3.74. The molecule has 98 valence electrons. The third kappa shape index (κ3) is 3.44. The van der Waals surface area contributed by atoms with Crippen LogP contribution in [0, 0.1) is 0 Å². The zero-order valence-electron chi connectivity index (χ0n) is 11.4. The largest absolute Gasteiger partial charge is 0.346 e. The van der Waals surface area contributed by atoms with Crippen LogP contribution in [0.2, 0.25) is 0 Å². The number of hydrogen-bond donors (Lipinski definition) is 1. The van der Waals surface area contributed by atoms with Crippen LogP contribution in [0.1, 0.15) is 41.4 Å². The first kappa shape index (κ1) is 13.3. The van der Waals surface area contributed by atoms with Gasteiger partial charge in [0, 0.05) is 5.56 Å². The van der Waals surface area contributed by atoms with Crippen molar-refractivity contribution in [3.63, 3.8) is 0 Å². The zero-order valence-corrected chi connectivity index (χ0v) is 11.4. The first-order valence-corrected chi connectivity index (χ1v) is 6.65. The summed E-state index contributed by atoms with van der Waals surface area (Å²) in [5, 5.41) is 3.01. The Morgan fingerprint density at radius 3 is 2.26 bits per heavy atom. The lowest BCUT2D eigenvalue weighted by atomic mass is 10.0. The number of carbonyl (C=O) groups excluding carboxylic acids is 1. The molecule has 2 nitrogen and oxygen atoms in total. The molecule has 1 amide bonds. The highest BCUT2D eigenvalue weighted by atomic mass is 16.1. The normalized spacial score (nSPS) is 11.9. The molecule has 2 aromatic carbocycles. The van der Waals surface area contributed by atoms with Gasteiger partial charge >= 0.3 is 0 Å². The summed E-state index contributed by atoms with van der Waals surface area (Å²) in [6.45, 7) is 4.14. The second-order valence-electron chi connectivity index (χ2n) is 4.66. The summed E-state index contributed by atoms with van der Waals surface area (Å²) in [5.41, 5.74) is 3.13. The fraction of sp³-hybridized carbons (Fsp3) is 0.235. The Morgan fingerprint density at radius 1 is 1.05 bits per heavy atom. The van der Waals surface area contributed by atoms with Crippen molar-refractivity contribution in [2.75, 3.05) is 0 Å². The lowest BCUT2D eigenvalue weighted by Crippen LogP contribution is -2.26. The summed E-state index contributed by atoms with van der Waals surface area (Å²) < 4.78 is 0. The van der Waals surface area contributed by atoms with Crippen molar-refractivity contribution >= 4 is 5.91 Å². The standard InChI is InChI=1S/C17H19NO/c1-3-14-9-11-15(12-10-14)13(2)18-17(19)16-7-5-4-6-8-16/h4-13H,3H2,1-2H3,(H,18,19)/t13-/m1/s1. The van der Waals surface area contributed by atoms with Crippen molar-refractivity contribution in [2.24, 2.45) is 0 Å². The van der Waals surface area contributed by atoms with Crippen LogP contribution < -0.4 is 5.32 Å². The van der Waals surface area contributed by atoms with Gasteiger partial charge in [-0.1, -0.05) is 49.4 Å². The van der Waals surface area contributed by atoms with Crippen molar-refractivity contribution < 1.29 is 4.79 Å². The molecule has 2 rings (SSSR count). The van der Waals surface area contributed by atoms with E-state index in [-0.39, 0.29) is 11.9 Å². The van der Waals surface area contributed by atoms with Crippen LogP contribution in [-0.4, -0.2) is 5.91 Å². The summed E-state index contributed by atoms with van der Waals surface area (Å²) in [6.07, 6.45) is 1.03. The summed E-state index contributed by atoms with van der Waals surface area (Å²) in [6, 6.07) is 17.7. The zero-order chi connectivity index (χ0) is 13.7. The molecule has 0 radical (unpaired) electrons. The van der Waals surface area contributed by atoms with E-state index in [1.54, 1.807) is 0 Å². The van der Waals surface area contributed by atoms with Crippen LogP contribution in [-0.2, 0) is 6.42 Å². The van der Waals surface area contributed by atoms with Crippen molar-refractivity contribution in [1.82, 2.24) is 5.32 Å². The molecule has 0 bridgehead atoms. The van der Waals surface area contributed by atoms with Gasteiger partial charge in [-0.3, -0.25) is 4.79 Å². The molecule has 0 spiro atoms. The quantitative estimate of drug-likeness (QED) is 0.883. The van der Waals surface area contributed by atoms with Crippen molar-refractivity contribution in [1.29, 1.82) is 0 Å². The van der Waals surface area contributed by atoms with Gasteiger partial charge in [-0.25, -0.2) is 0 Å². The van der Waals surface area contributed by atoms with E-state index in [2.05, 4.69) is 36.5 Å². The van der Waals surface area contributed by atoms with Crippen molar-refractivity contribution in [2.45, 2.75) is 26.3 Å². The lowest BCUT2D eigenvalue weighted by molar-refractivity contribution is 0.0940. The number of benzene rings is 2. The molecule has 0 fully saturated rings. The van der Waals surface area contributed by atoms with Gasteiger partial charge in [0.05, 0.1) is 6.04 Å².